The Hall–Kier alpha value is -1.40. The average molecular weight is 323 g/mol. The number of ether oxygens (including phenoxy) is 1. The first kappa shape index (κ1) is 17.9. The largest absolute Gasteiger partial charge is 0.378 e. The molecule has 0 bridgehead atoms. The molecule has 1 aliphatic heterocycles. The lowest BCUT2D eigenvalue weighted by atomic mass is 9.99. The summed E-state index contributed by atoms with van der Waals surface area (Å²) in [6, 6.07) is 1.81. The minimum Gasteiger partial charge on any atom is -0.378 e. The van der Waals surface area contributed by atoms with Crippen LogP contribution in [0.2, 0.25) is 0 Å². The molecule has 2 N–H and O–H groups in total. The third-order valence-corrected chi connectivity index (χ3v) is 4.57. The van der Waals surface area contributed by atoms with E-state index in [0.717, 1.165) is 37.8 Å². The van der Waals surface area contributed by atoms with Gasteiger partial charge in [0, 0.05) is 31.7 Å². The fourth-order valence-corrected chi connectivity index (χ4v) is 3.00. The lowest BCUT2D eigenvalue weighted by molar-refractivity contribution is 0.00743. The summed E-state index contributed by atoms with van der Waals surface area (Å²) >= 11 is 0. The van der Waals surface area contributed by atoms with Gasteiger partial charge in [-0.2, -0.15) is 0 Å². The first-order valence-electron chi connectivity index (χ1n) is 8.77. The van der Waals surface area contributed by atoms with E-state index < -0.39 is 0 Å². The molecule has 2 rings (SSSR count). The maximum atomic E-state index is 12.5. The zero-order valence-electron chi connectivity index (χ0n) is 14.3. The molecule has 6 nitrogen and oxygen atoms in total. The molecule has 6 heteroatoms. The Kier molecular flexibility index (Phi) is 7.05. The molecule has 23 heavy (non-hydrogen) atoms. The van der Waals surface area contributed by atoms with Crippen LogP contribution in [0.4, 0.5) is 0 Å². The SMILES string of the molecule is CCC(CC)c1cc(C(=O)N2CCC(OCCCN)CC2)on1. The molecule has 130 valence electrons. The van der Waals surface area contributed by atoms with Crippen molar-refractivity contribution in [1.29, 1.82) is 0 Å². The minimum absolute atomic E-state index is 0.0601. The van der Waals surface area contributed by atoms with Gasteiger partial charge in [0.25, 0.3) is 5.91 Å². The number of carbonyl (C=O) groups is 1. The predicted molar refractivity (Wildman–Crippen MR) is 88.4 cm³/mol. The predicted octanol–water partition coefficient (Wildman–Crippen LogP) is 2.55. The molecule has 1 aliphatic rings. The number of nitrogens with zero attached hydrogens (tertiary/aromatic N) is 2. The zero-order valence-corrected chi connectivity index (χ0v) is 14.3. The quantitative estimate of drug-likeness (QED) is 0.744. The Morgan fingerprint density at radius 2 is 2.13 bits per heavy atom. The highest BCUT2D eigenvalue weighted by molar-refractivity contribution is 5.91. The van der Waals surface area contributed by atoms with Gasteiger partial charge >= 0.3 is 0 Å². The van der Waals surface area contributed by atoms with Gasteiger partial charge in [-0.25, -0.2) is 0 Å². The van der Waals surface area contributed by atoms with E-state index in [1.807, 2.05) is 11.0 Å². The van der Waals surface area contributed by atoms with Gasteiger partial charge in [0.1, 0.15) is 0 Å². The van der Waals surface area contributed by atoms with Crippen molar-refractivity contribution in [2.24, 2.45) is 5.73 Å². The van der Waals surface area contributed by atoms with Crippen molar-refractivity contribution in [1.82, 2.24) is 10.1 Å². The number of hydrogen-bond donors (Lipinski definition) is 1. The fourth-order valence-electron chi connectivity index (χ4n) is 3.00. The molecular weight excluding hydrogens is 294 g/mol. The molecular formula is C17H29N3O3. The highest BCUT2D eigenvalue weighted by atomic mass is 16.5. The summed E-state index contributed by atoms with van der Waals surface area (Å²) in [4.78, 5) is 14.3. The summed E-state index contributed by atoms with van der Waals surface area (Å²) in [5.41, 5.74) is 6.35. The van der Waals surface area contributed by atoms with Crippen LogP contribution in [0.5, 0.6) is 0 Å². The number of likely N-dealkylation sites (tertiary alicyclic amines) is 1. The van der Waals surface area contributed by atoms with Crippen LogP contribution >= 0.6 is 0 Å². The van der Waals surface area contributed by atoms with Crippen molar-refractivity contribution in [2.45, 2.75) is 58.0 Å². The fraction of sp³-hybridized carbons (Fsp3) is 0.765. The smallest absolute Gasteiger partial charge is 0.292 e. The molecule has 1 aromatic rings. The normalized spacial score (nSPS) is 16.3. The summed E-state index contributed by atoms with van der Waals surface area (Å²) in [5, 5.41) is 4.08. The van der Waals surface area contributed by atoms with Gasteiger partial charge in [-0.05, 0) is 38.6 Å². The van der Waals surface area contributed by atoms with Gasteiger partial charge in [0.05, 0.1) is 11.8 Å². The Morgan fingerprint density at radius 1 is 1.43 bits per heavy atom. The molecule has 0 saturated carbocycles. The van der Waals surface area contributed by atoms with E-state index in [0.29, 0.717) is 37.9 Å². The van der Waals surface area contributed by atoms with Gasteiger partial charge in [-0.3, -0.25) is 4.79 Å². The van der Waals surface area contributed by atoms with E-state index in [4.69, 9.17) is 15.0 Å². The molecule has 1 aromatic heterocycles. The Morgan fingerprint density at radius 3 is 2.74 bits per heavy atom. The van der Waals surface area contributed by atoms with Crippen LogP contribution in [0, 0.1) is 0 Å². The maximum absolute atomic E-state index is 12.5. The van der Waals surface area contributed by atoms with E-state index in [9.17, 15) is 4.79 Å². The Balaban J connectivity index is 1.85. The Bertz CT molecular complexity index is 477. The van der Waals surface area contributed by atoms with Gasteiger partial charge in [0.15, 0.2) is 0 Å². The van der Waals surface area contributed by atoms with Crippen molar-refractivity contribution < 1.29 is 14.1 Å². The number of rotatable bonds is 8. The van der Waals surface area contributed by atoms with Crippen molar-refractivity contribution >= 4 is 5.91 Å². The van der Waals surface area contributed by atoms with E-state index in [1.165, 1.54) is 0 Å². The van der Waals surface area contributed by atoms with Crippen LogP contribution < -0.4 is 5.73 Å². The lowest BCUT2D eigenvalue weighted by Crippen LogP contribution is -2.40. The molecule has 0 unspecified atom stereocenters. The molecule has 1 fully saturated rings. The second kappa shape index (κ2) is 9.03. The first-order chi connectivity index (χ1) is 11.2. The van der Waals surface area contributed by atoms with Gasteiger partial charge in [-0.15, -0.1) is 0 Å². The molecule has 2 heterocycles. The van der Waals surface area contributed by atoms with Crippen LogP contribution in [0.3, 0.4) is 0 Å². The molecule has 0 aromatic carbocycles. The summed E-state index contributed by atoms with van der Waals surface area (Å²) in [6.07, 6.45) is 4.86. The number of amides is 1. The van der Waals surface area contributed by atoms with Crippen LogP contribution in [0.15, 0.2) is 10.6 Å². The van der Waals surface area contributed by atoms with Crippen molar-refractivity contribution in [2.75, 3.05) is 26.2 Å². The molecule has 1 amide bonds. The monoisotopic (exact) mass is 323 g/mol. The van der Waals surface area contributed by atoms with Crippen LogP contribution in [-0.2, 0) is 4.74 Å². The van der Waals surface area contributed by atoms with Crippen molar-refractivity contribution in [3.05, 3.63) is 17.5 Å². The van der Waals surface area contributed by atoms with Crippen LogP contribution in [-0.4, -0.2) is 48.3 Å². The lowest BCUT2D eigenvalue weighted by Gasteiger charge is -2.31. The second-order valence-electron chi connectivity index (χ2n) is 6.13. The van der Waals surface area contributed by atoms with Gasteiger partial charge in [0.2, 0.25) is 5.76 Å². The standard InChI is InChI=1S/C17H29N3O3/c1-3-13(4-2)15-12-16(23-19-15)17(21)20-9-6-14(7-10-20)22-11-5-8-18/h12-14H,3-11,18H2,1-2H3. The molecule has 1 saturated heterocycles. The van der Waals surface area contributed by atoms with Gasteiger partial charge < -0.3 is 19.9 Å². The molecule has 0 radical (unpaired) electrons. The number of nitrogens with two attached hydrogens (primary N) is 1. The third kappa shape index (κ3) is 4.78. The first-order valence-corrected chi connectivity index (χ1v) is 8.77. The molecule has 0 spiro atoms. The summed E-state index contributed by atoms with van der Waals surface area (Å²) < 4.78 is 11.1. The van der Waals surface area contributed by atoms with Crippen molar-refractivity contribution in [3.8, 4) is 0 Å². The summed E-state index contributed by atoms with van der Waals surface area (Å²) in [7, 11) is 0. The van der Waals surface area contributed by atoms with E-state index >= 15 is 0 Å². The maximum Gasteiger partial charge on any atom is 0.292 e. The topological polar surface area (TPSA) is 81.6 Å². The average Bonchev–Trinajstić information content (AvgIpc) is 3.06. The minimum atomic E-state index is -0.0601. The number of carbonyl (C=O) groups excluding carboxylic acids is 1. The van der Waals surface area contributed by atoms with Crippen LogP contribution in [0.1, 0.15) is 68.1 Å². The van der Waals surface area contributed by atoms with Gasteiger partial charge in [-0.1, -0.05) is 19.0 Å². The van der Waals surface area contributed by atoms with Crippen molar-refractivity contribution in [3.63, 3.8) is 0 Å². The van der Waals surface area contributed by atoms with E-state index in [-0.39, 0.29) is 12.0 Å². The number of piperidine rings is 1. The third-order valence-electron chi connectivity index (χ3n) is 4.57. The summed E-state index contributed by atoms with van der Waals surface area (Å²) in [5.74, 6) is 0.659. The number of aromatic nitrogens is 1. The highest BCUT2D eigenvalue weighted by Crippen LogP contribution is 2.24. The Labute approximate surface area is 138 Å². The second-order valence-corrected chi connectivity index (χ2v) is 6.13. The van der Waals surface area contributed by atoms with Crippen LogP contribution in [0.25, 0.3) is 0 Å². The van der Waals surface area contributed by atoms with E-state index in [2.05, 4.69) is 19.0 Å². The highest BCUT2D eigenvalue weighted by Gasteiger charge is 2.27. The summed E-state index contributed by atoms with van der Waals surface area (Å²) in [6.45, 7) is 7.01. The molecule has 0 aliphatic carbocycles. The number of hydrogen-bond acceptors (Lipinski definition) is 5. The zero-order chi connectivity index (χ0) is 16.7. The van der Waals surface area contributed by atoms with E-state index in [1.54, 1.807) is 0 Å². The molecule has 0 atom stereocenters.